The smallest absolute Gasteiger partial charge is 0.219 e. The number of aromatic nitrogens is 2. The Bertz CT molecular complexity index is 1370. The highest BCUT2D eigenvalue weighted by Gasteiger charge is 2.22. The second kappa shape index (κ2) is 9.46. The van der Waals surface area contributed by atoms with Crippen molar-refractivity contribution in [2.45, 2.75) is 6.92 Å². The molecule has 0 radical (unpaired) electrons. The molecule has 158 valence electrons. The van der Waals surface area contributed by atoms with E-state index in [0.29, 0.717) is 0 Å². The number of rotatable bonds is 5. The number of benzene rings is 3. The van der Waals surface area contributed by atoms with Crippen LogP contribution in [0.5, 0.6) is 0 Å². The van der Waals surface area contributed by atoms with E-state index in [0.717, 1.165) is 22.6 Å². The Morgan fingerprint density at radius 3 is 1.91 bits per heavy atom. The summed E-state index contributed by atoms with van der Waals surface area (Å²) < 4.78 is 2.33. The predicted octanol–water partition coefficient (Wildman–Crippen LogP) is 7.17. The van der Waals surface area contributed by atoms with Crippen LogP contribution in [0.1, 0.15) is 16.8 Å². The molecule has 33 heavy (non-hydrogen) atoms. The first kappa shape index (κ1) is 20.6. The molecule has 2 heterocycles. The van der Waals surface area contributed by atoms with Gasteiger partial charge in [0.2, 0.25) is 17.1 Å². The third-order valence-corrected chi connectivity index (χ3v) is 5.72. The van der Waals surface area contributed by atoms with Crippen molar-refractivity contribution in [2.75, 3.05) is 0 Å². The minimum absolute atomic E-state index is 1.11. The van der Waals surface area contributed by atoms with E-state index in [-0.39, 0.29) is 0 Å². The van der Waals surface area contributed by atoms with Gasteiger partial charge in [-0.25, -0.2) is 0 Å². The average molecular weight is 426 g/mol. The minimum Gasteiger partial charge on any atom is -0.265 e. The van der Waals surface area contributed by atoms with Gasteiger partial charge in [0.25, 0.3) is 0 Å². The van der Waals surface area contributed by atoms with Crippen LogP contribution in [0.25, 0.3) is 40.2 Å². The van der Waals surface area contributed by atoms with Crippen LogP contribution < -0.4 is 4.57 Å². The minimum atomic E-state index is 1.11. The summed E-state index contributed by atoms with van der Waals surface area (Å²) in [4.78, 5) is 4.14. The van der Waals surface area contributed by atoms with Crippen LogP contribution in [0.4, 0.5) is 0 Å². The lowest BCUT2D eigenvalue weighted by atomic mass is 10.0. The van der Waals surface area contributed by atoms with Gasteiger partial charge >= 0.3 is 0 Å². The summed E-state index contributed by atoms with van der Waals surface area (Å²) >= 11 is 0. The van der Waals surface area contributed by atoms with E-state index >= 15 is 0 Å². The summed E-state index contributed by atoms with van der Waals surface area (Å²) in [6.07, 6.45) is 7.98. The lowest BCUT2D eigenvalue weighted by Gasteiger charge is -2.11. The van der Waals surface area contributed by atoms with Gasteiger partial charge in [0.05, 0.1) is 0 Å². The van der Waals surface area contributed by atoms with Crippen LogP contribution in [0.2, 0.25) is 0 Å². The van der Waals surface area contributed by atoms with E-state index in [2.05, 4.69) is 126 Å². The quantitative estimate of drug-likeness (QED) is 0.273. The van der Waals surface area contributed by atoms with Crippen molar-refractivity contribution in [2.24, 2.45) is 0 Å². The zero-order valence-electron chi connectivity index (χ0n) is 18.6. The van der Waals surface area contributed by atoms with Crippen molar-refractivity contribution in [3.05, 3.63) is 138 Å². The predicted molar refractivity (Wildman–Crippen MR) is 137 cm³/mol. The van der Waals surface area contributed by atoms with Gasteiger partial charge < -0.3 is 0 Å². The van der Waals surface area contributed by atoms with Gasteiger partial charge in [-0.2, -0.15) is 4.57 Å². The second-order valence-corrected chi connectivity index (χ2v) is 8.07. The maximum absolute atomic E-state index is 4.14. The second-order valence-electron chi connectivity index (χ2n) is 8.07. The van der Waals surface area contributed by atoms with Crippen molar-refractivity contribution in [3.8, 4) is 28.1 Å². The van der Waals surface area contributed by atoms with Gasteiger partial charge in [-0.05, 0) is 54.0 Å². The fraction of sp³-hybridized carbons (Fsp3) is 0.0323. The van der Waals surface area contributed by atoms with Gasteiger partial charge in [0, 0.05) is 48.3 Å². The van der Waals surface area contributed by atoms with E-state index < -0.39 is 0 Å². The standard InChI is InChI=1S/C31H25N2/c1-24-12-15-29(16-13-24)33-30(17-14-25-18-20-32-21-19-25)22-28(26-8-4-2-5-9-26)23-31(33)27-10-6-3-7-11-27/h2-23H,1H3/q+1/b17-14+. The zero-order valence-corrected chi connectivity index (χ0v) is 18.6. The fourth-order valence-corrected chi connectivity index (χ4v) is 4.00. The molecule has 0 N–H and O–H groups in total. The van der Waals surface area contributed by atoms with Gasteiger partial charge in [-0.15, -0.1) is 0 Å². The molecule has 5 aromatic rings. The molecule has 0 spiro atoms. The topological polar surface area (TPSA) is 16.8 Å². The molecular formula is C31H25N2+. The summed E-state index contributed by atoms with van der Waals surface area (Å²) in [7, 11) is 0. The molecule has 0 amide bonds. The van der Waals surface area contributed by atoms with Crippen molar-refractivity contribution in [1.29, 1.82) is 0 Å². The highest BCUT2D eigenvalue weighted by Crippen LogP contribution is 2.27. The fourth-order valence-electron chi connectivity index (χ4n) is 4.00. The molecule has 2 aromatic heterocycles. The molecule has 0 fully saturated rings. The van der Waals surface area contributed by atoms with Crippen LogP contribution in [0.15, 0.2) is 122 Å². The molecule has 0 aliphatic rings. The highest BCUT2D eigenvalue weighted by atomic mass is 15.0. The van der Waals surface area contributed by atoms with Crippen molar-refractivity contribution in [3.63, 3.8) is 0 Å². The molecule has 0 unspecified atom stereocenters. The van der Waals surface area contributed by atoms with Crippen LogP contribution >= 0.6 is 0 Å². The van der Waals surface area contributed by atoms with E-state index in [1.54, 1.807) is 0 Å². The zero-order chi connectivity index (χ0) is 22.5. The number of nitrogens with zero attached hydrogens (tertiary/aromatic N) is 2. The summed E-state index contributed by atoms with van der Waals surface area (Å²) in [6, 6.07) is 38.4. The molecule has 0 saturated carbocycles. The number of hydrogen-bond donors (Lipinski definition) is 0. The number of hydrogen-bond acceptors (Lipinski definition) is 1. The third-order valence-electron chi connectivity index (χ3n) is 5.72. The number of pyridine rings is 2. The Morgan fingerprint density at radius 2 is 1.24 bits per heavy atom. The molecule has 0 aliphatic heterocycles. The van der Waals surface area contributed by atoms with Crippen LogP contribution in [-0.4, -0.2) is 4.98 Å². The van der Waals surface area contributed by atoms with Gasteiger partial charge in [0.1, 0.15) is 0 Å². The first-order chi connectivity index (χ1) is 16.3. The molecule has 0 saturated heterocycles. The molecule has 2 nitrogen and oxygen atoms in total. The summed E-state index contributed by atoms with van der Waals surface area (Å²) in [5.74, 6) is 0. The largest absolute Gasteiger partial charge is 0.265 e. The summed E-state index contributed by atoms with van der Waals surface area (Å²) in [5, 5.41) is 0. The Balaban J connectivity index is 1.78. The Morgan fingerprint density at radius 1 is 0.606 bits per heavy atom. The maximum atomic E-state index is 4.14. The average Bonchev–Trinajstić information content (AvgIpc) is 2.89. The monoisotopic (exact) mass is 425 g/mol. The number of aryl methyl sites for hydroxylation is 1. The maximum Gasteiger partial charge on any atom is 0.219 e. The van der Waals surface area contributed by atoms with Crippen molar-refractivity contribution >= 4 is 12.2 Å². The Labute approximate surface area is 195 Å². The van der Waals surface area contributed by atoms with E-state index in [9.17, 15) is 0 Å². The van der Waals surface area contributed by atoms with E-state index in [4.69, 9.17) is 0 Å². The molecule has 2 heteroatoms. The van der Waals surface area contributed by atoms with Gasteiger partial charge in [0.15, 0.2) is 0 Å². The van der Waals surface area contributed by atoms with Gasteiger partial charge in [-0.3, -0.25) is 4.98 Å². The SMILES string of the molecule is Cc1ccc(-[n+]2c(/C=C/c3ccncc3)cc(-c3ccccc3)cc2-c2ccccc2)cc1. The first-order valence-electron chi connectivity index (χ1n) is 11.1. The molecule has 0 atom stereocenters. The van der Waals surface area contributed by atoms with E-state index in [1.165, 1.54) is 22.3 Å². The first-order valence-corrected chi connectivity index (χ1v) is 11.1. The third kappa shape index (κ3) is 4.65. The van der Waals surface area contributed by atoms with Crippen LogP contribution in [-0.2, 0) is 0 Å². The Hall–Kier alpha value is -4.30. The van der Waals surface area contributed by atoms with Gasteiger partial charge in [-0.1, -0.05) is 66.2 Å². The van der Waals surface area contributed by atoms with Crippen molar-refractivity contribution in [1.82, 2.24) is 4.98 Å². The highest BCUT2D eigenvalue weighted by molar-refractivity contribution is 5.74. The lowest BCUT2D eigenvalue weighted by molar-refractivity contribution is -0.585. The summed E-state index contributed by atoms with van der Waals surface area (Å²) in [6.45, 7) is 2.12. The van der Waals surface area contributed by atoms with Crippen LogP contribution in [0.3, 0.4) is 0 Å². The molecule has 0 bridgehead atoms. The van der Waals surface area contributed by atoms with E-state index in [1.807, 2.05) is 24.5 Å². The lowest BCUT2D eigenvalue weighted by Crippen LogP contribution is -2.37. The summed E-state index contributed by atoms with van der Waals surface area (Å²) in [5.41, 5.74) is 9.31. The molecule has 3 aromatic carbocycles. The molecule has 5 rings (SSSR count). The van der Waals surface area contributed by atoms with Crippen LogP contribution in [0, 0.1) is 6.92 Å². The molecular weight excluding hydrogens is 400 g/mol. The molecule has 0 aliphatic carbocycles. The van der Waals surface area contributed by atoms with Crippen molar-refractivity contribution < 1.29 is 4.57 Å². The normalized spacial score (nSPS) is 11.1. The Kier molecular flexibility index (Phi) is 5.90.